The predicted octanol–water partition coefficient (Wildman–Crippen LogP) is 1.22. The number of benzene rings is 1. The summed E-state index contributed by atoms with van der Waals surface area (Å²) in [7, 11) is 1.56. The van der Waals surface area contributed by atoms with Crippen LogP contribution in [0.3, 0.4) is 0 Å². The average molecular weight is 263 g/mol. The minimum absolute atomic E-state index is 0.183. The number of ether oxygens (including phenoxy) is 1. The number of carboxylic acids is 1. The molecule has 1 aliphatic carbocycles. The summed E-state index contributed by atoms with van der Waals surface area (Å²) in [5, 5.41) is 11.7. The number of para-hydroxylation sites is 1. The first-order valence-corrected chi connectivity index (χ1v) is 6.19. The smallest absolute Gasteiger partial charge is 0.311 e. The van der Waals surface area contributed by atoms with Crippen molar-refractivity contribution in [1.82, 2.24) is 5.32 Å². The fourth-order valence-corrected chi connectivity index (χ4v) is 1.97. The number of carbonyl (C=O) groups is 2. The molecule has 0 aliphatic heterocycles. The first kappa shape index (κ1) is 13.4. The van der Waals surface area contributed by atoms with Crippen LogP contribution >= 0.6 is 0 Å². The third kappa shape index (κ3) is 3.05. The van der Waals surface area contributed by atoms with Crippen LogP contribution in [-0.4, -0.2) is 30.6 Å². The Morgan fingerprint density at radius 2 is 2.05 bits per heavy atom. The molecule has 0 heterocycles. The molecular formula is C14H17NO4. The molecule has 0 atom stereocenters. The Hall–Kier alpha value is -2.04. The Morgan fingerprint density at radius 3 is 2.63 bits per heavy atom. The van der Waals surface area contributed by atoms with Gasteiger partial charge in [-0.3, -0.25) is 9.59 Å². The number of rotatable bonds is 6. The van der Waals surface area contributed by atoms with E-state index >= 15 is 0 Å². The van der Waals surface area contributed by atoms with E-state index in [4.69, 9.17) is 9.84 Å². The average Bonchev–Trinajstić information content (AvgIpc) is 3.18. The van der Waals surface area contributed by atoms with Gasteiger partial charge in [-0.15, -0.1) is 0 Å². The van der Waals surface area contributed by atoms with Crippen molar-refractivity contribution in [3.8, 4) is 5.75 Å². The van der Waals surface area contributed by atoms with E-state index in [1.807, 2.05) is 18.2 Å². The minimum atomic E-state index is -0.829. The van der Waals surface area contributed by atoms with Gasteiger partial charge in [0.2, 0.25) is 5.91 Å². The molecule has 5 nitrogen and oxygen atoms in total. The van der Waals surface area contributed by atoms with E-state index in [1.165, 1.54) is 0 Å². The summed E-state index contributed by atoms with van der Waals surface area (Å²) < 4.78 is 5.17. The number of carbonyl (C=O) groups excluding carboxylic acids is 1. The van der Waals surface area contributed by atoms with E-state index in [0.717, 1.165) is 5.56 Å². The lowest BCUT2D eigenvalue weighted by atomic mass is 10.1. The van der Waals surface area contributed by atoms with Gasteiger partial charge in [0.25, 0.3) is 0 Å². The van der Waals surface area contributed by atoms with E-state index in [1.54, 1.807) is 13.2 Å². The molecule has 0 bridgehead atoms. The predicted molar refractivity (Wildman–Crippen MR) is 69.0 cm³/mol. The number of hydrogen-bond donors (Lipinski definition) is 2. The van der Waals surface area contributed by atoms with Gasteiger partial charge < -0.3 is 15.2 Å². The van der Waals surface area contributed by atoms with Crippen molar-refractivity contribution < 1.29 is 19.4 Å². The Morgan fingerprint density at radius 1 is 1.37 bits per heavy atom. The normalized spacial score (nSPS) is 15.6. The van der Waals surface area contributed by atoms with Crippen LogP contribution in [0, 0.1) is 5.41 Å². The van der Waals surface area contributed by atoms with E-state index in [-0.39, 0.29) is 18.9 Å². The van der Waals surface area contributed by atoms with Gasteiger partial charge in [0.05, 0.1) is 18.9 Å². The highest BCUT2D eigenvalue weighted by molar-refractivity contribution is 5.82. The van der Waals surface area contributed by atoms with Crippen LogP contribution in [-0.2, 0) is 16.0 Å². The standard InChI is InChI=1S/C14H17NO4/c1-19-11-5-3-2-4-10(11)8-12(16)15-9-14(6-7-14)13(17)18/h2-5H,6-9H2,1H3,(H,15,16)(H,17,18). The Bertz CT molecular complexity index is 494. The van der Waals surface area contributed by atoms with Crippen LogP contribution in [0.1, 0.15) is 18.4 Å². The van der Waals surface area contributed by atoms with Gasteiger partial charge in [0, 0.05) is 12.1 Å². The maximum Gasteiger partial charge on any atom is 0.311 e. The van der Waals surface area contributed by atoms with Gasteiger partial charge in [-0.2, -0.15) is 0 Å². The summed E-state index contributed by atoms with van der Waals surface area (Å²) in [6.07, 6.45) is 1.47. The van der Waals surface area contributed by atoms with Crippen LogP contribution in [0.15, 0.2) is 24.3 Å². The molecule has 1 amide bonds. The van der Waals surface area contributed by atoms with Crippen LogP contribution in [0.25, 0.3) is 0 Å². The second-order valence-corrected chi connectivity index (χ2v) is 4.85. The van der Waals surface area contributed by atoms with Gasteiger partial charge in [-0.1, -0.05) is 18.2 Å². The Kier molecular flexibility index (Phi) is 3.74. The lowest BCUT2D eigenvalue weighted by Crippen LogP contribution is -2.35. The van der Waals surface area contributed by atoms with Gasteiger partial charge >= 0.3 is 5.97 Å². The maximum absolute atomic E-state index is 11.8. The number of nitrogens with one attached hydrogen (secondary N) is 1. The molecule has 19 heavy (non-hydrogen) atoms. The lowest BCUT2D eigenvalue weighted by molar-refractivity contribution is -0.143. The zero-order chi connectivity index (χ0) is 13.9. The van der Waals surface area contributed by atoms with E-state index in [0.29, 0.717) is 18.6 Å². The van der Waals surface area contributed by atoms with E-state index in [2.05, 4.69) is 5.32 Å². The number of amides is 1. The maximum atomic E-state index is 11.8. The second kappa shape index (κ2) is 5.30. The second-order valence-electron chi connectivity index (χ2n) is 4.85. The van der Waals surface area contributed by atoms with Crippen molar-refractivity contribution in [1.29, 1.82) is 0 Å². The number of carboxylic acid groups (broad SMARTS) is 1. The largest absolute Gasteiger partial charge is 0.496 e. The van der Waals surface area contributed by atoms with Gasteiger partial charge in [-0.25, -0.2) is 0 Å². The highest BCUT2D eigenvalue weighted by atomic mass is 16.5. The molecule has 1 aromatic rings. The van der Waals surface area contributed by atoms with Crippen molar-refractivity contribution in [2.45, 2.75) is 19.3 Å². The van der Waals surface area contributed by atoms with Gasteiger partial charge in [0.1, 0.15) is 5.75 Å². The SMILES string of the molecule is COc1ccccc1CC(=O)NCC1(C(=O)O)CC1. The van der Waals surface area contributed by atoms with Crippen molar-refractivity contribution >= 4 is 11.9 Å². The molecule has 0 saturated heterocycles. The summed E-state index contributed by atoms with van der Waals surface area (Å²) in [4.78, 5) is 22.8. The fourth-order valence-electron chi connectivity index (χ4n) is 1.97. The molecule has 0 unspecified atom stereocenters. The first-order chi connectivity index (χ1) is 9.07. The van der Waals surface area contributed by atoms with Crippen LogP contribution in [0.2, 0.25) is 0 Å². The van der Waals surface area contributed by atoms with Crippen molar-refractivity contribution in [2.24, 2.45) is 5.41 Å². The number of methoxy groups -OCH3 is 1. The molecule has 5 heteroatoms. The molecule has 0 spiro atoms. The summed E-state index contributed by atoms with van der Waals surface area (Å²) in [6.45, 7) is 0.205. The van der Waals surface area contributed by atoms with Crippen molar-refractivity contribution in [2.75, 3.05) is 13.7 Å². The monoisotopic (exact) mass is 263 g/mol. The van der Waals surface area contributed by atoms with Crippen LogP contribution in [0.4, 0.5) is 0 Å². The highest BCUT2D eigenvalue weighted by Crippen LogP contribution is 2.45. The Labute approximate surface area is 111 Å². The van der Waals surface area contributed by atoms with Crippen molar-refractivity contribution in [3.05, 3.63) is 29.8 Å². The first-order valence-electron chi connectivity index (χ1n) is 6.19. The highest BCUT2D eigenvalue weighted by Gasteiger charge is 2.50. The molecule has 1 aromatic carbocycles. The number of hydrogen-bond acceptors (Lipinski definition) is 3. The molecule has 2 N–H and O–H groups in total. The van der Waals surface area contributed by atoms with Crippen molar-refractivity contribution in [3.63, 3.8) is 0 Å². The van der Waals surface area contributed by atoms with Crippen LogP contribution < -0.4 is 10.1 Å². The van der Waals surface area contributed by atoms with E-state index in [9.17, 15) is 9.59 Å². The summed E-state index contributed by atoms with van der Waals surface area (Å²) in [5.74, 6) is -0.348. The van der Waals surface area contributed by atoms with E-state index < -0.39 is 11.4 Å². The van der Waals surface area contributed by atoms with Gasteiger partial charge in [-0.05, 0) is 18.9 Å². The third-order valence-electron chi connectivity index (χ3n) is 3.47. The zero-order valence-electron chi connectivity index (χ0n) is 10.8. The molecule has 2 rings (SSSR count). The topological polar surface area (TPSA) is 75.6 Å². The fraction of sp³-hybridized carbons (Fsp3) is 0.429. The number of aliphatic carboxylic acids is 1. The molecular weight excluding hydrogens is 246 g/mol. The minimum Gasteiger partial charge on any atom is -0.496 e. The Balaban J connectivity index is 1.89. The zero-order valence-corrected chi connectivity index (χ0v) is 10.8. The summed E-state index contributed by atoms with van der Waals surface area (Å²) in [5.41, 5.74) is 0.0684. The molecule has 1 saturated carbocycles. The molecule has 0 aromatic heterocycles. The lowest BCUT2D eigenvalue weighted by Gasteiger charge is -2.12. The molecule has 102 valence electrons. The molecule has 1 fully saturated rings. The summed E-state index contributed by atoms with van der Waals surface area (Å²) in [6, 6.07) is 7.29. The van der Waals surface area contributed by atoms with Gasteiger partial charge in [0.15, 0.2) is 0 Å². The third-order valence-corrected chi connectivity index (χ3v) is 3.47. The molecule has 1 aliphatic rings. The molecule has 0 radical (unpaired) electrons. The summed E-state index contributed by atoms with van der Waals surface area (Å²) >= 11 is 0. The van der Waals surface area contributed by atoms with Crippen LogP contribution in [0.5, 0.6) is 5.75 Å². The quantitative estimate of drug-likeness (QED) is 0.809.